The molecule has 1 aromatic carbocycles. The van der Waals surface area contributed by atoms with E-state index in [1.54, 1.807) is 36.6 Å². The third-order valence-corrected chi connectivity index (χ3v) is 7.37. The van der Waals surface area contributed by atoms with Crippen LogP contribution < -0.4 is 4.74 Å². The molecule has 3 aromatic rings. The maximum absolute atomic E-state index is 15.5. The van der Waals surface area contributed by atoms with Crippen molar-refractivity contribution < 1.29 is 19.0 Å². The Balaban J connectivity index is 1.42. The Kier molecular flexibility index (Phi) is 8.04. The minimum Gasteiger partial charge on any atom is -0.497 e. The number of carbonyl (C=O) groups is 1. The number of hydrogen-bond donors (Lipinski definition) is 1. The van der Waals surface area contributed by atoms with E-state index in [9.17, 15) is 9.90 Å². The van der Waals surface area contributed by atoms with Gasteiger partial charge in [-0.1, -0.05) is 23.4 Å². The fourth-order valence-electron chi connectivity index (χ4n) is 4.54. The molecule has 1 aliphatic rings. The molecular weight excluding hydrogens is 475 g/mol. The number of likely N-dealkylation sites (tertiary alicyclic amines) is 1. The number of benzene rings is 1. The van der Waals surface area contributed by atoms with Gasteiger partial charge in [0.15, 0.2) is 0 Å². The van der Waals surface area contributed by atoms with Crippen LogP contribution in [0.1, 0.15) is 36.6 Å². The lowest BCUT2D eigenvalue weighted by Crippen LogP contribution is -2.44. The summed E-state index contributed by atoms with van der Waals surface area (Å²) in [6.07, 6.45) is 1.50. The Labute approximate surface area is 207 Å². The summed E-state index contributed by atoms with van der Waals surface area (Å²) in [6, 6.07) is 7.26. The number of ether oxygens (including phenoxy) is 1. The van der Waals surface area contributed by atoms with Crippen molar-refractivity contribution in [1.29, 1.82) is 0 Å². The molecule has 4 rings (SSSR count). The number of carboxylic acid groups (broad SMARTS) is 1. The molecule has 1 saturated heterocycles. The number of nitrogens with zero attached hydrogens (tertiary/aromatic N) is 2. The standard InChI is InChI=1S/C26H26ClFN2O3S/c1-33-19-5-7-24-20(13-19)25(22(27)14-29-24)23(28)6-4-18-8-11-30(15-21(18)26(31)32)10-2-3-17-9-12-34-16-17/h5,7,9,12-14,16,18,21,23H,4,6,8,10-11,15H2,1H3,(H,31,32)/t18-,21+,23-/m0/s1. The van der Waals surface area contributed by atoms with Gasteiger partial charge in [0.1, 0.15) is 11.9 Å². The Bertz CT molecular complexity index is 1210. The predicted molar refractivity (Wildman–Crippen MR) is 133 cm³/mol. The van der Waals surface area contributed by atoms with E-state index < -0.39 is 18.1 Å². The smallest absolute Gasteiger partial charge is 0.308 e. The van der Waals surface area contributed by atoms with Gasteiger partial charge in [0.2, 0.25) is 0 Å². The van der Waals surface area contributed by atoms with Crippen LogP contribution in [0.3, 0.4) is 0 Å². The average Bonchev–Trinajstić information content (AvgIpc) is 3.36. The zero-order valence-electron chi connectivity index (χ0n) is 18.8. The number of aliphatic carboxylic acids is 1. The van der Waals surface area contributed by atoms with E-state index in [2.05, 4.69) is 21.7 Å². The molecule has 3 heterocycles. The number of piperidine rings is 1. The number of halogens is 2. The molecule has 178 valence electrons. The molecule has 0 amide bonds. The Morgan fingerprint density at radius 3 is 3.03 bits per heavy atom. The molecule has 0 aliphatic carbocycles. The lowest BCUT2D eigenvalue weighted by atomic mass is 9.81. The van der Waals surface area contributed by atoms with Gasteiger partial charge in [-0.15, -0.1) is 0 Å². The highest BCUT2D eigenvalue weighted by atomic mass is 35.5. The molecule has 1 aliphatic heterocycles. The Hall–Kier alpha value is -2.66. The molecule has 1 fully saturated rings. The van der Waals surface area contributed by atoms with Crippen molar-refractivity contribution in [3.05, 3.63) is 57.4 Å². The van der Waals surface area contributed by atoms with E-state index in [-0.39, 0.29) is 17.4 Å². The Morgan fingerprint density at radius 2 is 2.29 bits per heavy atom. The summed E-state index contributed by atoms with van der Waals surface area (Å²) < 4.78 is 20.8. The summed E-state index contributed by atoms with van der Waals surface area (Å²) in [5.74, 6) is 5.36. The van der Waals surface area contributed by atoms with Crippen molar-refractivity contribution in [1.82, 2.24) is 9.88 Å². The number of methoxy groups -OCH3 is 1. The third kappa shape index (κ3) is 5.69. The molecule has 0 radical (unpaired) electrons. The number of hydrogen-bond acceptors (Lipinski definition) is 5. The number of carboxylic acids is 1. The van der Waals surface area contributed by atoms with E-state index in [1.165, 1.54) is 6.20 Å². The molecule has 34 heavy (non-hydrogen) atoms. The average molecular weight is 501 g/mol. The molecule has 0 bridgehead atoms. The van der Waals surface area contributed by atoms with Gasteiger partial charge in [-0.2, -0.15) is 11.3 Å². The summed E-state index contributed by atoms with van der Waals surface area (Å²) in [5, 5.41) is 14.7. The maximum Gasteiger partial charge on any atom is 0.308 e. The van der Waals surface area contributed by atoms with Gasteiger partial charge in [-0.25, -0.2) is 4.39 Å². The molecular formula is C26H26ClFN2O3S. The second-order valence-corrected chi connectivity index (χ2v) is 9.68. The van der Waals surface area contributed by atoms with Crippen molar-refractivity contribution in [2.75, 3.05) is 26.7 Å². The number of rotatable bonds is 7. The van der Waals surface area contributed by atoms with Gasteiger partial charge in [-0.05, 0) is 61.4 Å². The summed E-state index contributed by atoms with van der Waals surface area (Å²) in [7, 11) is 1.55. The molecule has 1 N–H and O–H groups in total. The van der Waals surface area contributed by atoms with Crippen LogP contribution in [0.25, 0.3) is 10.9 Å². The molecule has 8 heteroatoms. The van der Waals surface area contributed by atoms with E-state index in [1.807, 2.05) is 16.8 Å². The van der Waals surface area contributed by atoms with Crippen LogP contribution in [0.15, 0.2) is 41.2 Å². The van der Waals surface area contributed by atoms with E-state index in [0.29, 0.717) is 48.1 Å². The van der Waals surface area contributed by atoms with Crippen LogP contribution in [0.5, 0.6) is 5.75 Å². The van der Waals surface area contributed by atoms with Crippen LogP contribution in [0.4, 0.5) is 4.39 Å². The van der Waals surface area contributed by atoms with Gasteiger partial charge < -0.3 is 9.84 Å². The highest BCUT2D eigenvalue weighted by Gasteiger charge is 2.34. The number of thiophene rings is 1. The van der Waals surface area contributed by atoms with Crippen LogP contribution in [0.2, 0.25) is 5.02 Å². The zero-order valence-corrected chi connectivity index (χ0v) is 20.4. The van der Waals surface area contributed by atoms with E-state index in [0.717, 1.165) is 12.1 Å². The van der Waals surface area contributed by atoms with Crippen molar-refractivity contribution in [2.24, 2.45) is 11.8 Å². The van der Waals surface area contributed by atoms with Gasteiger partial charge in [0.25, 0.3) is 0 Å². The van der Waals surface area contributed by atoms with Crippen molar-refractivity contribution >= 4 is 39.8 Å². The highest BCUT2D eigenvalue weighted by Crippen LogP contribution is 2.38. The fraction of sp³-hybridized carbons (Fsp3) is 0.385. The molecule has 0 saturated carbocycles. The monoisotopic (exact) mass is 500 g/mol. The van der Waals surface area contributed by atoms with Crippen molar-refractivity contribution in [3.8, 4) is 17.6 Å². The highest BCUT2D eigenvalue weighted by molar-refractivity contribution is 7.08. The first-order chi connectivity index (χ1) is 16.5. The number of fused-ring (bicyclic) bond motifs is 1. The largest absolute Gasteiger partial charge is 0.497 e. The third-order valence-electron chi connectivity index (χ3n) is 6.39. The first-order valence-corrected chi connectivity index (χ1v) is 12.5. The second-order valence-electron chi connectivity index (χ2n) is 8.49. The lowest BCUT2D eigenvalue weighted by molar-refractivity contribution is -0.146. The van der Waals surface area contributed by atoms with Crippen LogP contribution >= 0.6 is 22.9 Å². The molecule has 0 spiro atoms. The second kappa shape index (κ2) is 11.2. The molecule has 2 aromatic heterocycles. The summed E-state index contributed by atoms with van der Waals surface area (Å²) in [5.41, 5.74) is 2.00. The van der Waals surface area contributed by atoms with E-state index >= 15 is 4.39 Å². The zero-order chi connectivity index (χ0) is 24.1. The topological polar surface area (TPSA) is 62.7 Å². The number of aromatic nitrogens is 1. The summed E-state index contributed by atoms with van der Waals surface area (Å²) >= 11 is 7.94. The summed E-state index contributed by atoms with van der Waals surface area (Å²) in [6.45, 7) is 1.70. The summed E-state index contributed by atoms with van der Waals surface area (Å²) in [4.78, 5) is 18.3. The maximum atomic E-state index is 15.5. The molecule has 3 atom stereocenters. The van der Waals surface area contributed by atoms with Crippen molar-refractivity contribution in [2.45, 2.75) is 25.4 Å². The van der Waals surface area contributed by atoms with Crippen LogP contribution in [-0.2, 0) is 4.79 Å². The first kappa shape index (κ1) is 24.5. The van der Waals surface area contributed by atoms with Crippen LogP contribution in [-0.4, -0.2) is 47.7 Å². The normalized spacial score (nSPS) is 19.4. The SMILES string of the molecule is COc1ccc2ncc(Cl)c([C@@H](F)CC[C@H]3CCN(CC#Cc4ccsc4)C[C@H]3C(=O)O)c2c1. The van der Waals surface area contributed by atoms with Crippen molar-refractivity contribution in [3.63, 3.8) is 0 Å². The fourth-order valence-corrected chi connectivity index (χ4v) is 5.40. The number of alkyl halides is 1. The molecule has 0 unspecified atom stereocenters. The van der Waals surface area contributed by atoms with Gasteiger partial charge in [0.05, 0.1) is 30.1 Å². The minimum atomic E-state index is -1.32. The van der Waals surface area contributed by atoms with E-state index in [4.69, 9.17) is 16.3 Å². The Morgan fingerprint density at radius 1 is 1.44 bits per heavy atom. The minimum absolute atomic E-state index is 0.0988. The lowest BCUT2D eigenvalue weighted by Gasteiger charge is -2.36. The first-order valence-electron chi connectivity index (χ1n) is 11.2. The molecule has 5 nitrogen and oxygen atoms in total. The van der Waals surface area contributed by atoms with Gasteiger partial charge in [-0.3, -0.25) is 14.7 Å². The predicted octanol–water partition coefficient (Wildman–Crippen LogP) is 5.82. The van der Waals surface area contributed by atoms with Crippen LogP contribution in [0, 0.1) is 23.7 Å². The van der Waals surface area contributed by atoms with Gasteiger partial charge >= 0.3 is 5.97 Å². The quantitative estimate of drug-likeness (QED) is 0.414. The number of pyridine rings is 1. The van der Waals surface area contributed by atoms with Gasteiger partial charge in [0, 0.05) is 34.6 Å².